The molecule has 0 aromatic heterocycles. The first-order valence-corrected chi connectivity index (χ1v) is 9.32. The summed E-state index contributed by atoms with van der Waals surface area (Å²) >= 11 is 0. The molecule has 0 amide bonds. The average Bonchev–Trinajstić information content (AvgIpc) is 2.61. The van der Waals surface area contributed by atoms with Crippen LogP contribution in [-0.4, -0.2) is 18.1 Å². The van der Waals surface area contributed by atoms with E-state index in [0.717, 1.165) is 18.2 Å². The van der Waals surface area contributed by atoms with Crippen molar-refractivity contribution in [2.75, 3.05) is 0 Å². The first-order valence-electron chi connectivity index (χ1n) is 7.88. The van der Waals surface area contributed by atoms with Gasteiger partial charge in [0.05, 0.1) is 4.90 Å². The van der Waals surface area contributed by atoms with Gasteiger partial charge in [-0.3, -0.25) is 4.55 Å². The van der Waals surface area contributed by atoms with Gasteiger partial charge in [-0.05, 0) is 36.6 Å². The second-order valence-electron chi connectivity index (χ2n) is 6.17. The summed E-state index contributed by atoms with van der Waals surface area (Å²) in [4.78, 5) is -0.776. The van der Waals surface area contributed by atoms with Crippen LogP contribution in [0.2, 0.25) is 0 Å². The van der Waals surface area contributed by atoms with Gasteiger partial charge in [0.2, 0.25) is 5.82 Å². The van der Waals surface area contributed by atoms with E-state index in [2.05, 4.69) is 0 Å². The van der Waals surface area contributed by atoms with Crippen LogP contribution in [0.1, 0.15) is 11.1 Å². The number of hydrogen-bond donors (Lipinski definition) is 2. The smallest absolute Gasteiger partial charge is 0.422 e. The summed E-state index contributed by atoms with van der Waals surface area (Å²) < 4.78 is 118. The lowest BCUT2D eigenvalue weighted by atomic mass is 10.1. The van der Waals surface area contributed by atoms with Gasteiger partial charge in [0.15, 0.2) is 11.6 Å². The number of alkyl halides is 3. The fourth-order valence-electron chi connectivity index (χ4n) is 2.77. The second kappa shape index (κ2) is 7.06. The summed E-state index contributed by atoms with van der Waals surface area (Å²) in [7, 11) is -4.84. The third-order valence-corrected chi connectivity index (χ3v) is 5.00. The van der Waals surface area contributed by atoms with Gasteiger partial charge in [-0.15, -0.1) is 0 Å². The van der Waals surface area contributed by atoms with Crippen LogP contribution < -0.4 is 4.74 Å². The minimum Gasteiger partial charge on any atom is -0.508 e. The van der Waals surface area contributed by atoms with E-state index in [1.54, 1.807) is 0 Å². The van der Waals surface area contributed by atoms with Gasteiger partial charge >= 0.3 is 6.18 Å². The van der Waals surface area contributed by atoms with E-state index >= 15 is 0 Å². The molecule has 0 saturated carbocycles. The first kappa shape index (κ1) is 21.7. The minimum absolute atomic E-state index is 0.000265. The van der Waals surface area contributed by atoms with Crippen LogP contribution in [0.3, 0.4) is 0 Å². The molecule has 0 unspecified atom stereocenters. The third-order valence-electron chi connectivity index (χ3n) is 4.17. The molecule has 12 heteroatoms. The molecule has 0 saturated heterocycles. The lowest BCUT2D eigenvalue weighted by Crippen LogP contribution is -2.15. The van der Waals surface area contributed by atoms with Gasteiger partial charge in [0.25, 0.3) is 10.1 Å². The number of fused-ring (bicyclic) bond motifs is 1. The summed E-state index contributed by atoms with van der Waals surface area (Å²) in [6, 6.07) is 4.96. The molecule has 2 N–H and O–H groups in total. The van der Waals surface area contributed by atoms with E-state index in [1.807, 2.05) is 0 Å². The monoisotopic (exact) mass is 452 g/mol. The van der Waals surface area contributed by atoms with Gasteiger partial charge in [-0.25, -0.2) is 8.78 Å². The Morgan fingerprint density at radius 1 is 0.967 bits per heavy atom. The van der Waals surface area contributed by atoms with Crippen LogP contribution in [-0.2, 0) is 16.3 Å². The number of ether oxygens (including phenoxy) is 1. The summed E-state index contributed by atoms with van der Waals surface area (Å²) in [6.45, 7) is 0.711. The maximum atomic E-state index is 14.3. The molecule has 0 atom stereocenters. The Morgan fingerprint density at radius 3 is 2.17 bits per heavy atom. The van der Waals surface area contributed by atoms with Crippen LogP contribution in [0.15, 0.2) is 35.2 Å². The summed E-state index contributed by atoms with van der Waals surface area (Å²) in [5.41, 5.74) is -3.46. The molecule has 0 fully saturated rings. The van der Waals surface area contributed by atoms with E-state index in [1.165, 1.54) is 6.07 Å². The van der Waals surface area contributed by atoms with Crippen LogP contribution in [0, 0.1) is 24.4 Å². The molecule has 3 aromatic carbocycles. The zero-order chi connectivity index (χ0) is 22.6. The van der Waals surface area contributed by atoms with Crippen molar-refractivity contribution in [2.45, 2.75) is 18.0 Å². The van der Waals surface area contributed by atoms with Gasteiger partial charge < -0.3 is 9.84 Å². The quantitative estimate of drug-likeness (QED) is 0.319. The number of phenols is 1. The van der Waals surface area contributed by atoms with Crippen molar-refractivity contribution < 1.29 is 49.2 Å². The molecule has 3 aromatic rings. The van der Waals surface area contributed by atoms with Crippen molar-refractivity contribution >= 4 is 20.9 Å². The Kier molecular flexibility index (Phi) is 5.11. The molecule has 30 heavy (non-hydrogen) atoms. The molecule has 0 bridgehead atoms. The molecule has 0 radical (unpaired) electrons. The lowest BCUT2D eigenvalue weighted by Gasteiger charge is -2.17. The maximum absolute atomic E-state index is 14.3. The van der Waals surface area contributed by atoms with E-state index < -0.39 is 61.3 Å². The fraction of sp³-hybridized carbons (Fsp3) is 0.111. The molecular weight excluding hydrogens is 442 g/mol. The number of halogens is 6. The van der Waals surface area contributed by atoms with Crippen molar-refractivity contribution in [3.05, 3.63) is 58.9 Å². The molecule has 3 rings (SSSR count). The highest BCUT2D eigenvalue weighted by Crippen LogP contribution is 2.42. The van der Waals surface area contributed by atoms with Crippen LogP contribution >= 0.6 is 0 Å². The number of benzene rings is 3. The Morgan fingerprint density at radius 2 is 1.60 bits per heavy atom. The molecule has 160 valence electrons. The zero-order valence-corrected chi connectivity index (χ0v) is 15.5. The van der Waals surface area contributed by atoms with Gasteiger partial charge in [-0.2, -0.15) is 26.0 Å². The Balaban J connectivity index is 2.29. The Labute approximate surface area is 164 Å². The molecule has 0 heterocycles. The highest BCUT2D eigenvalue weighted by molar-refractivity contribution is 7.85. The SMILES string of the molecule is Cc1c(F)c(C(F)(F)F)c(F)c(F)c1Oc1cc(S(=O)(=O)O)cc2cc(O)ccc12. The van der Waals surface area contributed by atoms with Gasteiger partial charge in [0.1, 0.15) is 22.9 Å². The van der Waals surface area contributed by atoms with Crippen LogP contribution in [0.25, 0.3) is 10.8 Å². The molecule has 0 aliphatic rings. The van der Waals surface area contributed by atoms with Crippen LogP contribution in [0.5, 0.6) is 17.2 Å². The average molecular weight is 452 g/mol. The standard InChI is InChI=1S/C18H10F6O5S/c1-7-14(19)13(18(22,23)24)15(20)16(21)17(7)29-12-6-10(30(26,27)28)5-8-4-9(25)2-3-11(8)12/h2-6,25H,1H3,(H,26,27,28). The largest absolute Gasteiger partial charge is 0.508 e. The van der Waals surface area contributed by atoms with E-state index in [-0.39, 0.29) is 16.5 Å². The third kappa shape index (κ3) is 3.75. The number of hydrogen-bond acceptors (Lipinski definition) is 4. The second-order valence-corrected chi connectivity index (χ2v) is 7.59. The van der Waals surface area contributed by atoms with Crippen molar-refractivity contribution in [3.63, 3.8) is 0 Å². The lowest BCUT2D eigenvalue weighted by molar-refractivity contribution is -0.142. The van der Waals surface area contributed by atoms with Crippen molar-refractivity contribution in [1.82, 2.24) is 0 Å². The van der Waals surface area contributed by atoms with Gasteiger partial charge in [0, 0.05) is 17.0 Å². The zero-order valence-electron chi connectivity index (χ0n) is 14.7. The van der Waals surface area contributed by atoms with Gasteiger partial charge in [-0.1, -0.05) is 0 Å². The first-order chi connectivity index (χ1) is 13.7. The fourth-order valence-corrected chi connectivity index (χ4v) is 3.30. The predicted octanol–water partition coefficient (Wildman–Crippen LogP) is 5.33. The normalized spacial score (nSPS) is 12.4. The summed E-state index contributed by atoms with van der Waals surface area (Å²) in [5.74, 6) is -8.92. The van der Waals surface area contributed by atoms with Crippen LogP contribution in [0.4, 0.5) is 26.3 Å². The minimum atomic E-state index is -5.52. The van der Waals surface area contributed by atoms with E-state index in [9.17, 15) is 44.4 Å². The van der Waals surface area contributed by atoms with E-state index in [4.69, 9.17) is 4.74 Å². The maximum Gasteiger partial charge on any atom is 0.422 e. The highest BCUT2D eigenvalue weighted by atomic mass is 32.2. The number of aromatic hydroxyl groups is 1. The van der Waals surface area contributed by atoms with Crippen molar-refractivity contribution in [1.29, 1.82) is 0 Å². The summed E-state index contributed by atoms with van der Waals surface area (Å²) in [6.07, 6.45) is -5.52. The Bertz CT molecular complexity index is 1260. The van der Waals surface area contributed by atoms with Crippen molar-refractivity contribution in [3.8, 4) is 17.2 Å². The Hall–Kier alpha value is -2.99. The topological polar surface area (TPSA) is 83.8 Å². The number of phenolic OH excluding ortho intramolecular Hbond substituents is 1. The molecule has 0 aliphatic heterocycles. The highest BCUT2D eigenvalue weighted by Gasteiger charge is 2.41. The van der Waals surface area contributed by atoms with Crippen molar-refractivity contribution in [2.24, 2.45) is 0 Å². The number of rotatable bonds is 3. The molecule has 0 aliphatic carbocycles. The molecule has 5 nitrogen and oxygen atoms in total. The predicted molar refractivity (Wildman–Crippen MR) is 91.6 cm³/mol. The van der Waals surface area contributed by atoms with E-state index in [0.29, 0.717) is 13.0 Å². The molecule has 0 spiro atoms. The molecular formula is C18H10F6O5S. The summed E-state index contributed by atoms with van der Waals surface area (Å²) in [5, 5.41) is 9.52.